The summed E-state index contributed by atoms with van der Waals surface area (Å²) in [5.41, 5.74) is -1.26. The van der Waals surface area contributed by atoms with Crippen LogP contribution in [0, 0.1) is 11.3 Å². The van der Waals surface area contributed by atoms with Crippen molar-refractivity contribution in [2.24, 2.45) is 0 Å². The second-order valence-electron chi connectivity index (χ2n) is 3.06. The van der Waals surface area contributed by atoms with Crippen molar-refractivity contribution in [3.05, 3.63) is 28.8 Å². The summed E-state index contributed by atoms with van der Waals surface area (Å²) in [6.45, 7) is 0. The van der Waals surface area contributed by atoms with E-state index in [9.17, 15) is 18.0 Å². The number of nitrogens with zero attached hydrogens (tertiary/aromatic N) is 1. The number of carboxylic acid groups (broad SMARTS) is 1. The topological polar surface area (TPSA) is 70.3 Å². The second kappa shape index (κ2) is 5.14. The summed E-state index contributed by atoms with van der Waals surface area (Å²) in [7, 11) is 0. The number of benzene rings is 1. The number of halogens is 4. The average molecular weight is 280 g/mol. The van der Waals surface area contributed by atoms with Crippen LogP contribution in [-0.2, 0) is 5.88 Å². The van der Waals surface area contributed by atoms with E-state index in [1.807, 2.05) is 0 Å². The number of carbonyl (C=O) groups is 1. The van der Waals surface area contributed by atoms with Crippen molar-refractivity contribution in [1.82, 2.24) is 0 Å². The van der Waals surface area contributed by atoms with Crippen molar-refractivity contribution in [1.29, 1.82) is 5.26 Å². The van der Waals surface area contributed by atoms with E-state index >= 15 is 0 Å². The van der Waals surface area contributed by atoms with Crippen LogP contribution in [0.15, 0.2) is 12.1 Å². The quantitative estimate of drug-likeness (QED) is 0.864. The molecule has 0 aliphatic carbocycles. The molecule has 1 aromatic rings. The van der Waals surface area contributed by atoms with E-state index in [0.717, 1.165) is 12.1 Å². The fourth-order valence-electron chi connectivity index (χ4n) is 1.32. The molecular formula is C10H5ClF3NO3. The first-order chi connectivity index (χ1) is 8.30. The molecule has 1 aromatic carbocycles. The second-order valence-corrected chi connectivity index (χ2v) is 3.33. The predicted octanol–water partition coefficient (Wildman–Crippen LogP) is 2.89. The van der Waals surface area contributed by atoms with Gasteiger partial charge in [-0.25, -0.2) is 4.79 Å². The highest BCUT2D eigenvalue weighted by atomic mass is 35.5. The zero-order valence-electron chi connectivity index (χ0n) is 8.58. The van der Waals surface area contributed by atoms with E-state index < -0.39 is 29.5 Å². The maximum atomic E-state index is 12.1. The van der Waals surface area contributed by atoms with Crippen molar-refractivity contribution in [2.75, 3.05) is 0 Å². The molecule has 0 aliphatic rings. The number of nitriles is 1. The molecule has 4 nitrogen and oxygen atoms in total. The third-order valence-electron chi connectivity index (χ3n) is 1.96. The molecule has 0 fully saturated rings. The van der Waals surface area contributed by atoms with Gasteiger partial charge in [-0.2, -0.15) is 5.26 Å². The van der Waals surface area contributed by atoms with Crippen LogP contribution in [0.5, 0.6) is 5.75 Å². The van der Waals surface area contributed by atoms with Gasteiger partial charge >= 0.3 is 12.3 Å². The molecule has 0 heterocycles. The molecule has 0 amide bonds. The van der Waals surface area contributed by atoms with Crippen LogP contribution in [-0.4, -0.2) is 17.4 Å². The van der Waals surface area contributed by atoms with Crippen LogP contribution in [0.25, 0.3) is 0 Å². The summed E-state index contributed by atoms with van der Waals surface area (Å²) in [6.07, 6.45) is -4.97. The largest absolute Gasteiger partial charge is 0.573 e. The van der Waals surface area contributed by atoms with Gasteiger partial charge in [0.1, 0.15) is 11.8 Å². The molecule has 0 aromatic heterocycles. The zero-order chi connectivity index (χ0) is 13.9. The van der Waals surface area contributed by atoms with Crippen LogP contribution >= 0.6 is 11.6 Å². The number of alkyl halides is 4. The summed E-state index contributed by atoms with van der Waals surface area (Å²) in [4.78, 5) is 10.9. The lowest BCUT2D eigenvalue weighted by atomic mass is 10.0. The van der Waals surface area contributed by atoms with E-state index in [1.54, 1.807) is 6.07 Å². The summed E-state index contributed by atoms with van der Waals surface area (Å²) in [6, 6.07) is 3.35. The monoisotopic (exact) mass is 279 g/mol. The lowest BCUT2D eigenvalue weighted by Crippen LogP contribution is -2.19. The van der Waals surface area contributed by atoms with Crippen molar-refractivity contribution in [3.63, 3.8) is 0 Å². The van der Waals surface area contributed by atoms with Gasteiger partial charge in [-0.05, 0) is 12.1 Å². The van der Waals surface area contributed by atoms with Crippen molar-refractivity contribution in [2.45, 2.75) is 12.2 Å². The van der Waals surface area contributed by atoms with E-state index in [4.69, 9.17) is 22.0 Å². The normalized spacial score (nSPS) is 10.8. The molecule has 1 rings (SSSR count). The predicted molar refractivity (Wildman–Crippen MR) is 54.4 cm³/mol. The van der Waals surface area contributed by atoms with Gasteiger partial charge in [0.2, 0.25) is 0 Å². The molecule has 0 radical (unpaired) electrons. The number of hydrogen-bond acceptors (Lipinski definition) is 3. The fraction of sp³-hybridized carbons (Fsp3) is 0.200. The molecule has 96 valence electrons. The number of hydrogen-bond donors (Lipinski definition) is 1. The maximum absolute atomic E-state index is 12.1. The Hall–Kier alpha value is -1.94. The smallest absolute Gasteiger partial charge is 0.478 e. The Morgan fingerprint density at radius 1 is 1.50 bits per heavy atom. The molecule has 0 spiro atoms. The van der Waals surface area contributed by atoms with Gasteiger partial charge in [0, 0.05) is 5.56 Å². The van der Waals surface area contributed by atoms with Crippen LogP contribution < -0.4 is 4.74 Å². The van der Waals surface area contributed by atoms with E-state index in [-0.39, 0.29) is 11.1 Å². The number of ether oxygens (including phenoxy) is 1. The first kappa shape index (κ1) is 14.1. The summed E-state index contributed by atoms with van der Waals surface area (Å²) < 4.78 is 39.9. The first-order valence-corrected chi connectivity index (χ1v) is 4.94. The molecule has 1 N–H and O–H groups in total. The number of carboxylic acids is 1. The molecular weight excluding hydrogens is 275 g/mol. The van der Waals surface area contributed by atoms with Gasteiger partial charge in [-0.3, -0.25) is 0 Å². The SMILES string of the molecule is N#Cc1ccc(OC(F)(F)F)c(CCl)c1C(=O)O. The van der Waals surface area contributed by atoms with Gasteiger partial charge in [-0.1, -0.05) is 0 Å². The van der Waals surface area contributed by atoms with Gasteiger partial charge in [0.25, 0.3) is 0 Å². The van der Waals surface area contributed by atoms with Gasteiger partial charge in [0.15, 0.2) is 0 Å². The van der Waals surface area contributed by atoms with Crippen molar-refractivity contribution < 1.29 is 27.8 Å². The average Bonchev–Trinajstić information content (AvgIpc) is 2.26. The minimum absolute atomic E-state index is 0.285. The molecule has 0 aliphatic heterocycles. The molecule has 18 heavy (non-hydrogen) atoms. The van der Waals surface area contributed by atoms with Gasteiger partial charge in [0.05, 0.1) is 17.0 Å². The van der Waals surface area contributed by atoms with Crippen LogP contribution in [0.1, 0.15) is 21.5 Å². The Labute approximate surface area is 104 Å². The fourth-order valence-corrected chi connectivity index (χ4v) is 1.58. The highest BCUT2D eigenvalue weighted by Gasteiger charge is 2.33. The number of rotatable bonds is 3. The van der Waals surface area contributed by atoms with Gasteiger partial charge in [-0.15, -0.1) is 24.8 Å². The van der Waals surface area contributed by atoms with Crippen LogP contribution in [0.3, 0.4) is 0 Å². The molecule has 0 bridgehead atoms. The van der Waals surface area contributed by atoms with Crippen LogP contribution in [0.4, 0.5) is 13.2 Å². The summed E-state index contributed by atoms with van der Waals surface area (Å²) in [5, 5.41) is 17.6. The highest BCUT2D eigenvalue weighted by molar-refractivity contribution is 6.18. The molecule has 0 saturated heterocycles. The minimum atomic E-state index is -4.97. The van der Waals surface area contributed by atoms with E-state index in [0.29, 0.717) is 0 Å². The minimum Gasteiger partial charge on any atom is -0.478 e. The number of aromatic carboxylic acids is 1. The zero-order valence-corrected chi connectivity index (χ0v) is 9.34. The maximum Gasteiger partial charge on any atom is 0.573 e. The molecule has 0 unspecified atom stereocenters. The Morgan fingerprint density at radius 3 is 2.50 bits per heavy atom. The van der Waals surface area contributed by atoms with Gasteiger partial charge < -0.3 is 9.84 Å². The third-order valence-corrected chi connectivity index (χ3v) is 2.23. The van der Waals surface area contributed by atoms with E-state index in [1.165, 1.54) is 0 Å². The Morgan fingerprint density at radius 2 is 2.11 bits per heavy atom. The Balaban J connectivity index is 3.44. The summed E-state index contributed by atoms with van der Waals surface area (Å²) >= 11 is 5.42. The summed E-state index contributed by atoms with van der Waals surface area (Å²) in [5.74, 6) is -2.80. The lowest BCUT2D eigenvalue weighted by Gasteiger charge is -2.14. The third kappa shape index (κ3) is 3.05. The highest BCUT2D eigenvalue weighted by Crippen LogP contribution is 2.31. The molecule has 8 heteroatoms. The standard InChI is InChI=1S/C10H5ClF3NO3/c11-3-6-7(18-10(12,13)14)2-1-5(4-15)8(6)9(16)17/h1-2H,3H2,(H,16,17). The Bertz CT molecular complexity index is 522. The molecule has 0 saturated carbocycles. The first-order valence-electron chi connectivity index (χ1n) is 4.41. The Kier molecular flexibility index (Phi) is 4.03. The van der Waals surface area contributed by atoms with Crippen LogP contribution in [0.2, 0.25) is 0 Å². The lowest BCUT2D eigenvalue weighted by molar-refractivity contribution is -0.274. The van der Waals surface area contributed by atoms with E-state index in [2.05, 4.69) is 4.74 Å². The van der Waals surface area contributed by atoms with Crippen molar-refractivity contribution >= 4 is 17.6 Å². The molecule has 0 atom stereocenters. The van der Waals surface area contributed by atoms with Crippen molar-refractivity contribution in [3.8, 4) is 11.8 Å².